The molecular weight excluding hydrogens is 352 g/mol. The van der Waals surface area contributed by atoms with Gasteiger partial charge in [-0.2, -0.15) is 0 Å². The standard InChI is InChI=1S/C24H48O4/c1-5-7-9-11-13-15-19-26-24(18-17-23(25)28-21-22(3)4)27-20-16-14-12-10-8-6-2/h22,24H,5-21H2,1-4H3. The van der Waals surface area contributed by atoms with Crippen LogP contribution in [0.3, 0.4) is 0 Å². The summed E-state index contributed by atoms with van der Waals surface area (Å²) in [6.07, 6.45) is 15.6. The van der Waals surface area contributed by atoms with Crippen molar-refractivity contribution >= 4 is 5.97 Å². The number of carbonyl (C=O) groups is 1. The molecule has 4 nitrogen and oxygen atoms in total. The summed E-state index contributed by atoms with van der Waals surface area (Å²) < 4.78 is 17.1. The molecule has 0 aliphatic heterocycles. The van der Waals surface area contributed by atoms with Crippen LogP contribution in [0.1, 0.15) is 118 Å². The zero-order valence-electron chi connectivity index (χ0n) is 19.3. The Kier molecular flexibility index (Phi) is 20.6. The molecule has 0 unspecified atom stereocenters. The predicted molar refractivity (Wildman–Crippen MR) is 117 cm³/mol. The van der Waals surface area contributed by atoms with Gasteiger partial charge in [0, 0.05) is 19.6 Å². The van der Waals surface area contributed by atoms with E-state index >= 15 is 0 Å². The maximum atomic E-state index is 11.9. The van der Waals surface area contributed by atoms with E-state index in [0.717, 1.165) is 12.8 Å². The summed E-state index contributed by atoms with van der Waals surface area (Å²) in [7, 11) is 0. The van der Waals surface area contributed by atoms with Crippen molar-refractivity contribution in [1.29, 1.82) is 0 Å². The van der Waals surface area contributed by atoms with Crippen LogP contribution in [-0.4, -0.2) is 32.1 Å². The van der Waals surface area contributed by atoms with Crippen molar-refractivity contribution in [2.45, 2.75) is 124 Å². The number of hydrogen-bond acceptors (Lipinski definition) is 4. The second kappa shape index (κ2) is 21.1. The third kappa shape index (κ3) is 20.1. The molecular formula is C24H48O4. The van der Waals surface area contributed by atoms with E-state index in [2.05, 4.69) is 13.8 Å². The molecule has 0 heterocycles. The second-order valence-corrected chi connectivity index (χ2v) is 8.32. The number of esters is 1. The zero-order chi connectivity index (χ0) is 20.9. The summed E-state index contributed by atoms with van der Waals surface area (Å²) in [4.78, 5) is 11.9. The van der Waals surface area contributed by atoms with Crippen molar-refractivity contribution in [1.82, 2.24) is 0 Å². The van der Waals surface area contributed by atoms with Crippen molar-refractivity contribution in [3.63, 3.8) is 0 Å². The molecule has 0 fully saturated rings. The Morgan fingerprint density at radius 2 is 1.18 bits per heavy atom. The van der Waals surface area contributed by atoms with Gasteiger partial charge in [0.15, 0.2) is 6.29 Å². The van der Waals surface area contributed by atoms with E-state index < -0.39 is 0 Å². The molecule has 0 spiro atoms. The number of unbranched alkanes of at least 4 members (excludes halogenated alkanes) is 10. The Morgan fingerprint density at radius 1 is 0.714 bits per heavy atom. The molecule has 0 saturated carbocycles. The van der Waals surface area contributed by atoms with Gasteiger partial charge in [0.05, 0.1) is 13.0 Å². The van der Waals surface area contributed by atoms with E-state index in [9.17, 15) is 4.79 Å². The van der Waals surface area contributed by atoms with Gasteiger partial charge in [-0.15, -0.1) is 0 Å². The molecule has 168 valence electrons. The molecule has 0 N–H and O–H groups in total. The van der Waals surface area contributed by atoms with Crippen LogP contribution in [0.5, 0.6) is 0 Å². The predicted octanol–water partition coefficient (Wildman–Crippen LogP) is 7.05. The van der Waals surface area contributed by atoms with Crippen LogP contribution < -0.4 is 0 Å². The maximum Gasteiger partial charge on any atom is 0.305 e. The Balaban J connectivity index is 3.99. The smallest absolute Gasteiger partial charge is 0.305 e. The van der Waals surface area contributed by atoms with Crippen LogP contribution in [0.15, 0.2) is 0 Å². The minimum Gasteiger partial charge on any atom is -0.465 e. The molecule has 0 aromatic carbocycles. The number of rotatable bonds is 21. The van der Waals surface area contributed by atoms with E-state index in [1.165, 1.54) is 64.2 Å². The molecule has 0 aliphatic rings. The van der Waals surface area contributed by atoms with Crippen molar-refractivity contribution in [2.24, 2.45) is 5.92 Å². The number of hydrogen-bond donors (Lipinski definition) is 0. The summed E-state index contributed by atoms with van der Waals surface area (Å²) in [5, 5.41) is 0. The van der Waals surface area contributed by atoms with Crippen LogP contribution in [-0.2, 0) is 19.0 Å². The van der Waals surface area contributed by atoms with Crippen LogP contribution in [0.2, 0.25) is 0 Å². The molecule has 0 aliphatic carbocycles. The van der Waals surface area contributed by atoms with Gasteiger partial charge in [0.2, 0.25) is 0 Å². The van der Waals surface area contributed by atoms with Gasteiger partial charge in [0.1, 0.15) is 0 Å². The molecule has 0 saturated heterocycles. The normalized spacial score (nSPS) is 11.5. The average molecular weight is 401 g/mol. The highest BCUT2D eigenvalue weighted by molar-refractivity contribution is 5.69. The average Bonchev–Trinajstić information content (AvgIpc) is 2.68. The Morgan fingerprint density at radius 3 is 1.64 bits per heavy atom. The third-order valence-electron chi connectivity index (χ3n) is 4.77. The van der Waals surface area contributed by atoms with Crippen molar-refractivity contribution in [3.8, 4) is 0 Å². The van der Waals surface area contributed by atoms with Gasteiger partial charge in [-0.3, -0.25) is 4.79 Å². The minimum atomic E-state index is -0.280. The molecule has 0 atom stereocenters. The fourth-order valence-corrected chi connectivity index (χ4v) is 2.98. The molecule has 0 radical (unpaired) electrons. The highest BCUT2D eigenvalue weighted by Gasteiger charge is 2.13. The van der Waals surface area contributed by atoms with Crippen molar-refractivity contribution in [2.75, 3.05) is 19.8 Å². The lowest BCUT2D eigenvalue weighted by Crippen LogP contribution is -2.21. The minimum absolute atomic E-state index is 0.148. The zero-order valence-corrected chi connectivity index (χ0v) is 19.3. The lowest BCUT2D eigenvalue weighted by atomic mass is 10.1. The van der Waals surface area contributed by atoms with E-state index in [0.29, 0.717) is 38.6 Å². The lowest BCUT2D eigenvalue weighted by Gasteiger charge is -2.19. The Bertz CT molecular complexity index is 313. The fraction of sp³-hybridized carbons (Fsp3) is 0.958. The highest BCUT2D eigenvalue weighted by Crippen LogP contribution is 2.12. The molecule has 28 heavy (non-hydrogen) atoms. The van der Waals surface area contributed by atoms with Crippen molar-refractivity contribution < 1.29 is 19.0 Å². The van der Waals surface area contributed by atoms with Crippen LogP contribution in [0.25, 0.3) is 0 Å². The van der Waals surface area contributed by atoms with E-state index in [1.807, 2.05) is 13.8 Å². The Hall–Kier alpha value is -0.610. The monoisotopic (exact) mass is 400 g/mol. The van der Waals surface area contributed by atoms with Gasteiger partial charge in [-0.05, 0) is 18.8 Å². The van der Waals surface area contributed by atoms with E-state index in [4.69, 9.17) is 14.2 Å². The SMILES string of the molecule is CCCCCCCCOC(CCC(=O)OCC(C)C)OCCCCCCCC. The molecule has 0 bridgehead atoms. The maximum absolute atomic E-state index is 11.9. The largest absolute Gasteiger partial charge is 0.465 e. The molecule has 0 rings (SSSR count). The van der Waals surface area contributed by atoms with Gasteiger partial charge in [-0.1, -0.05) is 91.9 Å². The highest BCUT2D eigenvalue weighted by atomic mass is 16.7. The first-order valence-corrected chi connectivity index (χ1v) is 12.0. The molecule has 0 aromatic rings. The summed E-state index contributed by atoms with van der Waals surface area (Å²) >= 11 is 0. The summed E-state index contributed by atoms with van der Waals surface area (Å²) in [5.41, 5.74) is 0. The fourth-order valence-electron chi connectivity index (χ4n) is 2.98. The van der Waals surface area contributed by atoms with E-state index in [-0.39, 0.29) is 12.3 Å². The number of ether oxygens (including phenoxy) is 3. The first-order chi connectivity index (χ1) is 13.6. The summed E-state index contributed by atoms with van der Waals surface area (Å²) in [5.74, 6) is 0.220. The third-order valence-corrected chi connectivity index (χ3v) is 4.77. The van der Waals surface area contributed by atoms with Gasteiger partial charge in [0.25, 0.3) is 0 Å². The molecule has 0 amide bonds. The summed E-state index contributed by atoms with van der Waals surface area (Å²) in [6, 6.07) is 0. The van der Waals surface area contributed by atoms with Crippen molar-refractivity contribution in [3.05, 3.63) is 0 Å². The first kappa shape index (κ1) is 27.4. The Labute approximate surface area is 175 Å². The van der Waals surface area contributed by atoms with Gasteiger partial charge in [-0.25, -0.2) is 0 Å². The number of carbonyl (C=O) groups excluding carboxylic acids is 1. The lowest BCUT2D eigenvalue weighted by molar-refractivity contribution is -0.160. The first-order valence-electron chi connectivity index (χ1n) is 12.0. The van der Waals surface area contributed by atoms with Crippen LogP contribution in [0.4, 0.5) is 0 Å². The van der Waals surface area contributed by atoms with Crippen LogP contribution in [0, 0.1) is 5.92 Å². The van der Waals surface area contributed by atoms with Gasteiger partial charge >= 0.3 is 5.97 Å². The summed E-state index contributed by atoms with van der Waals surface area (Å²) in [6.45, 7) is 10.5. The van der Waals surface area contributed by atoms with Gasteiger partial charge < -0.3 is 14.2 Å². The second-order valence-electron chi connectivity index (χ2n) is 8.32. The quantitative estimate of drug-likeness (QED) is 0.118. The molecule has 4 heteroatoms. The molecule has 0 aromatic heterocycles. The van der Waals surface area contributed by atoms with Crippen LogP contribution >= 0.6 is 0 Å². The topological polar surface area (TPSA) is 44.8 Å². The van der Waals surface area contributed by atoms with E-state index in [1.54, 1.807) is 0 Å².